The number of halogens is 1. The molecule has 7 heteroatoms. The van der Waals surface area contributed by atoms with E-state index in [1.165, 1.54) is 31.0 Å². The smallest absolute Gasteiger partial charge is 0.277 e. The minimum atomic E-state index is -0.349. The Bertz CT molecular complexity index is 744. The summed E-state index contributed by atoms with van der Waals surface area (Å²) in [5, 5.41) is 11.9. The van der Waals surface area contributed by atoms with Crippen LogP contribution in [-0.4, -0.2) is 21.4 Å². The summed E-state index contributed by atoms with van der Waals surface area (Å²) in [6.45, 7) is 3.75. The van der Waals surface area contributed by atoms with Gasteiger partial charge in [-0.3, -0.25) is 4.79 Å². The maximum Gasteiger partial charge on any atom is 0.277 e. The first-order valence-electron chi connectivity index (χ1n) is 8.60. The van der Waals surface area contributed by atoms with Crippen molar-refractivity contribution in [2.24, 2.45) is 0 Å². The zero-order valence-electron chi connectivity index (χ0n) is 14.4. The number of aromatic nitrogens is 2. The van der Waals surface area contributed by atoms with E-state index in [4.69, 9.17) is 16.0 Å². The summed E-state index contributed by atoms with van der Waals surface area (Å²) in [4.78, 5) is 12.4. The molecule has 1 amide bonds. The van der Waals surface area contributed by atoms with Crippen molar-refractivity contribution in [2.45, 2.75) is 62.3 Å². The highest BCUT2D eigenvalue weighted by molar-refractivity contribution is 8.00. The molecule has 1 aromatic carbocycles. The van der Waals surface area contributed by atoms with Crippen LogP contribution in [0.1, 0.15) is 56.4 Å². The molecule has 1 atom stereocenters. The number of aryl methyl sites for hydroxylation is 1. The van der Waals surface area contributed by atoms with Gasteiger partial charge >= 0.3 is 0 Å². The molecule has 25 heavy (non-hydrogen) atoms. The predicted octanol–water partition coefficient (Wildman–Crippen LogP) is 5.20. The number of carbonyl (C=O) groups is 1. The first-order valence-corrected chi connectivity index (χ1v) is 9.86. The van der Waals surface area contributed by atoms with Gasteiger partial charge in [0, 0.05) is 16.6 Å². The molecule has 0 aliphatic heterocycles. The molecule has 0 bridgehead atoms. The van der Waals surface area contributed by atoms with Gasteiger partial charge in [-0.05, 0) is 44.4 Å². The number of benzene rings is 1. The monoisotopic (exact) mass is 379 g/mol. The molecule has 2 aromatic rings. The van der Waals surface area contributed by atoms with Crippen molar-refractivity contribution < 1.29 is 9.21 Å². The average Bonchev–Trinajstić information content (AvgIpc) is 3.07. The quantitative estimate of drug-likeness (QED) is 0.723. The summed E-state index contributed by atoms with van der Waals surface area (Å²) in [5.74, 6) is 0.960. The van der Waals surface area contributed by atoms with Crippen molar-refractivity contribution in [1.82, 2.24) is 10.2 Å². The Balaban J connectivity index is 1.59. The van der Waals surface area contributed by atoms with Crippen LogP contribution < -0.4 is 5.32 Å². The average molecular weight is 380 g/mol. The van der Waals surface area contributed by atoms with Crippen LogP contribution in [0.15, 0.2) is 27.8 Å². The number of carbonyl (C=O) groups excluding carboxylic acids is 1. The third kappa shape index (κ3) is 4.76. The zero-order valence-corrected chi connectivity index (χ0v) is 16.0. The first-order chi connectivity index (χ1) is 12.0. The van der Waals surface area contributed by atoms with Gasteiger partial charge in [-0.15, -0.1) is 10.2 Å². The minimum Gasteiger partial charge on any atom is -0.416 e. The highest BCUT2D eigenvalue weighted by atomic mass is 35.5. The third-order valence-electron chi connectivity index (χ3n) is 4.48. The molecule has 134 valence electrons. The van der Waals surface area contributed by atoms with E-state index in [0.717, 1.165) is 24.1 Å². The fraction of sp³-hybridized carbons (Fsp3) is 0.500. The summed E-state index contributed by atoms with van der Waals surface area (Å²) in [6, 6.07) is 5.43. The Morgan fingerprint density at radius 3 is 2.84 bits per heavy atom. The van der Waals surface area contributed by atoms with Crippen LogP contribution in [0.4, 0.5) is 5.69 Å². The van der Waals surface area contributed by atoms with Crippen molar-refractivity contribution in [1.29, 1.82) is 0 Å². The van der Waals surface area contributed by atoms with Gasteiger partial charge in [-0.1, -0.05) is 48.7 Å². The number of thioether (sulfide) groups is 1. The van der Waals surface area contributed by atoms with E-state index in [9.17, 15) is 4.79 Å². The molecule has 1 aliphatic carbocycles. The molecule has 1 saturated carbocycles. The van der Waals surface area contributed by atoms with E-state index < -0.39 is 0 Å². The second-order valence-corrected chi connectivity index (χ2v) is 8.18. The van der Waals surface area contributed by atoms with Gasteiger partial charge in [-0.25, -0.2) is 0 Å². The fourth-order valence-corrected chi connectivity index (χ4v) is 3.81. The Labute approximate surface area is 156 Å². The maximum absolute atomic E-state index is 12.4. The van der Waals surface area contributed by atoms with E-state index in [1.807, 2.05) is 19.9 Å². The van der Waals surface area contributed by atoms with Crippen molar-refractivity contribution >= 4 is 35.0 Å². The molecule has 1 fully saturated rings. The van der Waals surface area contributed by atoms with Gasteiger partial charge in [0.05, 0.1) is 5.25 Å². The van der Waals surface area contributed by atoms with Crippen molar-refractivity contribution in [3.63, 3.8) is 0 Å². The van der Waals surface area contributed by atoms with Crippen LogP contribution in [-0.2, 0) is 4.79 Å². The van der Waals surface area contributed by atoms with Gasteiger partial charge in [-0.2, -0.15) is 0 Å². The molecular weight excluding hydrogens is 358 g/mol. The lowest BCUT2D eigenvalue weighted by Crippen LogP contribution is -2.22. The number of hydrogen-bond donors (Lipinski definition) is 1. The lowest BCUT2D eigenvalue weighted by atomic mass is 9.89. The molecular formula is C18H22ClN3O2S. The Hall–Kier alpha value is -1.53. The normalized spacial score (nSPS) is 16.6. The molecule has 3 rings (SSSR count). The number of nitrogens with one attached hydrogen (secondary N) is 1. The van der Waals surface area contributed by atoms with Crippen molar-refractivity contribution in [2.75, 3.05) is 5.32 Å². The first kappa shape index (κ1) is 18.3. The van der Waals surface area contributed by atoms with Crippen LogP contribution in [0.25, 0.3) is 0 Å². The van der Waals surface area contributed by atoms with Crippen LogP contribution in [0, 0.1) is 6.92 Å². The zero-order chi connectivity index (χ0) is 17.8. The molecule has 1 N–H and O–H groups in total. The van der Waals surface area contributed by atoms with Gasteiger partial charge in [0.2, 0.25) is 11.8 Å². The summed E-state index contributed by atoms with van der Waals surface area (Å²) in [5.41, 5.74) is 1.69. The Kier molecular flexibility index (Phi) is 6.02. The third-order valence-corrected chi connectivity index (χ3v) is 5.65. The number of amides is 1. The number of rotatable bonds is 5. The molecule has 1 aliphatic rings. The number of nitrogens with zero attached hydrogens (tertiary/aromatic N) is 2. The molecule has 0 spiro atoms. The van der Waals surface area contributed by atoms with Crippen molar-refractivity contribution in [3.05, 3.63) is 34.7 Å². The Morgan fingerprint density at radius 1 is 1.32 bits per heavy atom. The molecule has 1 aromatic heterocycles. The molecule has 1 heterocycles. The summed E-state index contributed by atoms with van der Waals surface area (Å²) >= 11 is 7.28. The van der Waals surface area contributed by atoms with E-state index in [2.05, 4.69) is 15.5 Å². The SMILES string of the molecule is Cc1ccc(Cl)cc1NC(=O)[C@@H](C)Sc1nnc(C2CCCCC2)o1. The summed E-state index contributed by atoms with van der Waals surface area (Å²) in [7, 11) is 0. The molecule has 5 nitrogen and oxygen atoms in total. The van der Waals surface area contributed by atoms with E-state index in [0.29, 0.717) is 22.1 Å². The minimum absolute atomic E-state index is 0.118. The number of anilines is 1. The summed E-state index contributed by atoms with van der Waals surface area (Å²) in [6.07, 6.45) is 5.93. The van der Waals surface area contributed by atoms with Gasteiger partial charge < -0.3 is 9.73 Å². The van der Waals surface area contributed by atoms with Gasteiger partial charge in [0.1, 0.15) is 0 Å². The van der Waals surface area contributed by atoms with Crippen molar-refractivity contribution in [3.8, 4) is 0 Å². The second-order valence-electron chi connectivity index (χ2n) is 6.45. The van der Waals surface area contributed by atoms with E-state index in [-0.39, 0.29) is 11.2 Å². The topological polar surface area (TPSA) is 68.0 Å². The molecule has 0 radical (unpaired) electrons. The van der Waals surface area contributed by atoms with E-state index in [1.54, 1.807) is 12.1 Å². The van der Waals surface area contributed by atoms with E-state index >= 15 is 0 Å². The van der Waals surface area contributed by atoms with Crippen LogP contribution >= 0.6 is 23.4 Å². The molecule has 0 saturated heterocycles. The van der Waals surface area contributed by atoms with Gasteiger partial charge in [0.15, 0.2) is 0 Å². The summed E-state index contributed by atoms with van der Waals surface area (Å²) < 4.78 is 5.78. The van der Waals surface area contributed by atoms with Crippen LogP contribution in [0.3, 0.4) is 0 Å². The highest BCUT2D eigenvalue weighted by Crippen LogP contribution is 2.33. The standard InChI is InChI=1S/C18H22ClN3O2S/c1-11-8-9-14(19)10-15(11)20-16(23)12(2)25-18-22-21-17(24-18)13-6-4-3-5-7-13/h8-10,12-13H,3-7H2,1-2H3,(H,20,23)/t12-/m1/s1. The number of hydrogen-bond acceptors (Lipinski definition) is 5. The maximum atomic E-state index is 12.4. The van der Waals surface area contributed by atoms with Crippen LogP contribution in [0.5, 0.6) is 0 Å². The predicted molar refractivity (Wildman–Crippen MR) is 100 cm³/mol. The fourth-order valence-electron chi connectivity index (χ4n) is 2.95. The van der Waals surface area contributed by atoms with Gasteiger partial charge in [0.25, 0.3) is 5.22 Å². The highest BCUT2D eigenvalue weighted by Gasteiger charge is 2.23. The lowest BCUT2D eigenvalue weighted by molar-refractivity contribution is -0.115. The Morgan fingerprint density at radius 2 is 2.08 bits per heavy atom. The largest absolute Gasteiger partial charge is 0.416 e. The molecule has 0 unspecified atom stereocenters. The van der Waals surface area contributed by atoms with Crippen LogP contribution in [0.2, 0.25) is 5.02 Å². The second kappa shape index (κ2) is 8.23. The lowest BCUT2D eigenvalue weighted by Gasteiger charge is -2.17.